The van der Waals surface area contributed by atoms with Crippen molar-refractivity contribution >= 4 is 15.9 Å². The van der Waals surface area contributed by atoms with Crippen molar-refractivity contribution in [3.8, 4) is 0 Å². The number of hydrogen-bond acceptors (Lipinski definition) is 1. The fraction of sp³-hybridized carbons (Fsp3) is 0.571. The lowest BCUT2D eigenvalue weighted by Gasteiger charge is -2.20. The molecule has 0 aromatic heterocycles. The number of hydrogen-bond donors (Lipinski definition) is 1. The van der Waals surface area contributed by atoms with Crippen molar-refractivity contribution in [3.63, 3.8) is 0 Å². The molecule has 2 rings (SSSR count). The molecule has 1 aromatic rings. The van der Waals surface area contributed by atoms with Crippen LogP contribution in [0.15, 0.2) is 22.7 Å². The predicted octanol–water partition coefficient (Wildman–Crippen LogP) is 4.26. The number of nitrogens with one attached hydrogen (secondary N) is 1. The molecule has 1 saturated carbocycles. The number of halogens is 2. The minimum atomic E-state index is -0.168. The molecule has 0 amide bonds. The van der Waals surface area contributed by atoms with Gasteiger partial charge in [0.1, 0.15) is 5.82 Å². The monoisotopic (exact) mass is 299 g/mol. The lowest BCUT2D eigenvalue weighted by atomic mass is 9.99. The minimum absolute atomic E-state index is 0.168. The van der Waals surface area contributed by atoms with Gasteiger partial charge in [0.05, 0.1) is 0 Å². The summed E-state index contributed by atoms with van der Waals surface area (Å²) in [6.45, 7) is 2.97. The van der Waals surface area contributed by atoms with Gasteiger partial charge in [-0.2, -0.15) is 0 Å². The van der Waals surface area contributed by atoms with Crippen molar-refractivity contribution < 1.29 is 4.39 Å². The quantitative estimate of drug-likeness (QED) is 0.876. The maximum atomic E-state index is 13.1. The first-order chi connectivity index (χ1) is 8.16. The Labute approximate surface area is 111 Å². The number of rotatable bonds is 4. The zero-order valence-corrected chi connectivity index (χ0v) is 11.8. The van der Waals surface area contributed by atoms with Crippen LogP contribution in [0.1, 0.15) is 38.2 Å². The van der Waals surface area contributed by atoms with Crippen LogP contribution in [0.5, 0.6) is 0 Å². The van der Waals surface area contributed by atoms with Crippen LogP contribution in [0.25, 0.3) is 0 Å². The van der Waals surface area contributed by atoms with Gasteiger partial charge in [-0.05, 0) is 49.4 Å². The molecule has 1 nitrogen and oxygen atoms in total. The normalized spacial score (nSPS) is 18.5. The predicted molar refractivity (Wildman–Crippen MR) is 72.4 cm³/mol. The summed E-state index contributed by atoms with van der Waals surface area (Å²) in [5.41, 5.74) is 0.995. The maximum absolute atomic E-state index is 13.1. The van der Waals surface area contributed by atoms with Gasteiger partial charge >= 0.3 is 0 Å². The largest absolute Gasteiger partial charge is 0.310 e. The molecule has 0 saturated heterocycles. The molecule has 0 aliphatic heterocycles. The fourth-order valence-corrected chi connectivity index (χ4v) is 2.96. The van der Waals surface area contributed by atoms with Gasteiger partial charge in [-0.3, -0.25) is 0 Å². The van der Waals surface area contributed by atoms with Crippen molar-refractivity contribution in [1.82, 2.24) is 5.32 Å². The molecule has 1 fully saturated rings. The zero-order valence-electron chi connectivity index (χ0n) is 10.2. The van der Waals surface area contributed by atoms with Gasteiger partial charge in [0.25, 0.3) is 0 Å². The van der Waals surface area contributed by atoms with Crippen molar-refractivity contribution in [1.29, 1.82) is 0 Å². The standard InChI is InChI=1S/C14H19BrFN/c1-10(11-4-2-3-5-11)17-9-12-8-13(16)6-7-14(12)15/h6-8,10-11,17H,2-5,9H2,1H3. The molecule has 1 unspecified atom stereocenters. The lowest BCUT2D eigenvalue weighted by molar-refractivity contribution is 0.380. The van der Waals surface area contributed by atoms with E-state index in [1.807, 2.05) is 0 Å². The van der Waals surface area contributed by atoms with Gasteiger partial charge in [-0.25, -0.2) is 4.39 Å². The molecular weight excluding hydrogens is 281 g/mol. The van der Waals surface area contributed by atoms with Gasteiger partial charge in [0.2, 0.25) is 0 Å². The minimum Gasteiger partial charge on any atom is -0.310 e. The third kappa shape index (κ3) is 3.52. The van der Waals surface area contributed by atoms with Gasteiger partial charge in [0.15, 0.2) is 0 Å². The summed E-state index contributed by atoms with van der Waals surface area (Å²) in [7, 11) is 0. The van der Waals surface area contributed by atoms with Crippen molar-refractivity contribution in [2.75, 3.05) is 0 Å². The molecule has 0 spiro atoms. The molecule has 17 heavy (non-hydrogen) atoms. The Morgan fingerprint density at radius 3 is 2.82 bits per heavy atom. The van der Waals surface area contributed by atoms with Gasteiger partial charge in [0, 0.05) is 17.1 Å². The Morgan fingerprint density at radius 2 is 2.12 bits per heavy atom. The van der Waals surface area contributed by atoms with E-state index in [4.69, 9.17) is 0 Å². The molecule has 1 aromatic carbocycles. The molecule has 1 N–H and O–H groups in total. The van der Waals surface area contributed by atoms with Crippen LogP contribution in [0.4, 0.5) is 4.39 Å². The van der Waals surface area contributed by atoms with Crippen LogP contribution < -0.4 is 5.32 Å². The summed E-state index contributed by atoms with van der Waals surface area (Å²) in [5.74, 6) is 0.626. The van der Waals surface area contributed by atoms with Crippen molar-refractivity contribution in [2.24, 2.45) is 5.92 Å². The van der Waals surface area contributed by atoms with Crippen LogP contribution in [0, 0.1) is 11.7 Å². The molecule has 3 heteroatoms. The highest BCUT2D eigenvalue weighted by Gasteiger charge is 2.21. The van der Waals surface area contributed by atoms with E-state index in [1.54, 1.807) is 12.1 Å². The highest BCUT2D eigenvalue weighted by atomic mass is 79.9. The van der Waals surface area contributed by atoms with E-state index in [0.717, 1.165) is 22.5 Å². The second-order valence-electron chi connectivity index (χ2n) is 4.95. The Bertz CT molecular complexity index is 374. The Balaban J connectivity index is 1.90. The Morgan fingerprint density at radius 1 is 1.41 bits per heavy atom. The molecule has 1 aliphatic carbocycles. The third-order valence-corrected chi connectivity index (χ3v) is 4.50. The molecule has 0 radical (unpaired) electrons. The summed E-state index contributed by atoms with van der Waals surface area (Å²) in [4.78, 5) is 0. The van der Waals surface area contributed by atoms with E-state index in [2.05, 4.69) is 28.2 Å². The van der Waals surface area contributed by atoms with E-state index < -0.39 is 0 Å². The first-order valence-electron chi connectivity index (χ1n) is 6.34. The van der Waals surface area contributed by atoms with E-state index in [1.165, 1.54) is 31.7 Å². The van der Waals surface area contributed by atoms with E-state index in [0.29, 0.717) is 6.04 Å². The smallest absolute Gasteiger partial charge is 0.123 e. The van der Waals surface area contributed by atoms with Crippen LogP contribution in [-0.2, 0) is 6.54 Å². The van der Waals surface area contributed by atoms with Gasteiger partial charge < -0.3 is 5.32 Å². The fourth-order valence-electron chi connectivity index (χ4n) is 2.57. The van der Waals surface area contributed by atoms with Crippen LogP contribution in [0.2, 0.25) is 0 Å². The maximum Gasteiger partial charge on any atom is 0.123 e. The molecule has 1 atom stereocenters. The van der Waals surface area contributed by atoms with Crippen LogP contribution >= 0.6 is 15.9 Å². The van der Waals surface area contributed by atoms with E-state index in [9.17, 15) is 4.39 Å². The first-order valence-corrected chi connectivity index (χ1v) is 7.13. The molecular formula is C14H19BrFN. The van der Waals surface area contributed by atoms with Gasteiger partial charge in [-0.1, -0.05) is 28.8 Å². The number of benzene rings is 1. The van der Waals surface area contributed by atoms with Crippen LogP contribution in [-0.4, -0.2) is 6.04 Å². The van der Waals surface area contributed by atoms with Crippen molar-refractivity contribution in [2.45, 2.75) is 45.2 Å². The first kappa shape index (κ1) is 13.0. The summed E-state index contributed by atoms with van der Waals surface area (Å²) >= 11 is 3.46. The summed E-state index contributed by atoms with van der Waals surface area (Å²) < 4.78 is 14.1. The topological polar surface area (TPSA) is 12.0 Å². The SMILES string of the molecule is CC(NCc1cc(F)ccc1Br)C1CCCC1. The Kier molecular flexibility index (Phi) is 4.57. The molecule has 1 aliphatic rings. The average molecular weight is 300 g/mol. The third-order valence-electron chi connectivity index (χ3n) is 3.73. The van der Waals surface area contributed by atoms with E-state index in [-0.39, 0.29) is 5.82 Å². The summed E-state index contributed by atoms with van der Waals surface area (Å²) in [6.07, 6.45) is 5.39. The van der Waals surface area contributed by atoms with Crippen molar-refractivity contribution in [3.05, 3.63) is 34.1 Å². The Hall–Kier alpha value is -0.410. The molecule has 0 bridgehead atoms. The highest BCUT2D eigenvalue weighted by molar-refractivity contribution is 9.10. The summed E-state index contributed by atoms with van der Waals surface area (Å²) in [6, 6.07) is 5.37. The average Bonchev–Trinajstić information content (AvgIpc) is 2.83. The molecule has 0 heterocycles. The second kappa shape index (κ2) is 5.96. The molecule has 94 valence electrons. The second-order valence-corrected chi connectivity index (χ2v) is 5.80. The van der Waals surface area contributed by atoms with Crippen LogP contribution in [0.3, 0.4) is 0 Å². The zero-order chi connectivity index (χ0) is 12.3. The summed E-state index contributed by atoms with van der Waals surface area (Å²) in [5, 5.41) is 3.51. The highest BCUT2D eigenvalue weighted by Crippen LogP contribution is 2.28. The van der Waals surface area contributed by atoms with Gasteiger partial charge in [-0.15, -0.1) is 0 Å². The lowest BCUT2D eigenvalue weighted by Crippen LogP contribution is -2.31. The van der Waals surface area contributed by atoms with E-state index >= 15 is 0 Å².